The Bertz CT molecular complexity index is 754. The molecule has 0 radical (unpaired) electrons. The second-order valence-electron chi connectivity index (χ2n) is 6.16. The van der Waals surface area contributed by atoms with E-state index in [1.54, 1.807) is 23.5 Å². The van der Waals surface area contributed by atoms with E-state index in [9.17, 15) is 9.59 Å². The molecule has 1 aliphatic heterocycles. The second-order valence-corrected chi connectivity index (χ2v) is 7.16. The number of carbonyl (C=O) groups is 2. The summed E-state index contributed by atoms with van der Waals surface area (Å²) in [6.07, 6.45) is 1.01. The summed E-state index contributed by atoms with van der Waals surface area (Å²) in [7, 11) is 1.36. The number of nitrogens with zero attached hydrogens (tertiary/aromatic N) is 1. The lowest BCUT2D eigenvalue weighted by molar-refractivity contribution is -0.123. The topological polar surface area (TPSA) is 58.6 Å². The number of thiophene rings is 1. The molecule has 1 aromatic heterocycles. The minimum absolute atomic E-state index is 0.0163. The maximum atomic E-state index is 12.3. The molecule has 0 saturated heterocycles. The van der Waals surface area contributed by atoms with E-state index in [0.717, 1.165) is 18.5 Å². The van der Waals surface area contributed by atoms with Crippen molar-refractivity contribution in [1.29, 1.82) is 0 Å². The summed E-state index contributed by atoms with van der Waals surface area (Å²) in [5, 5.41) is 5.08. The van der Waals surface area contributed by atoms with Crippen LogP contribution in [0.25, 0.3) is 0 Å². The van der Waals surface area contributed by atoms with Crippen molar-refractivity contribution >= 4 is 23.2 Å². The molecule has 132 valence electrons. The van der Waals surface area contributed by atoms with Crippen LogP contribution in [0.2, 0.25) is 0 Å². The van der Waals surface area contributed by atoms with Crippen molar-refractivity contribution in [3.05, 3.63) is 57.3 Å². The fourth-order valence-corrected chi connectivity index (χ4v) is 4.06. The zero-order valence-electron chi connectivity index (χ0n) is 14.5. The minimum Gasteiger partial charge on any atom is -0.465 e. The first-order valence-electron chi connectivity index (χ1n) is 8.32. The van der Waals surface area contributed by atoms with E-state index < -0.39 is 0 Å². The second kappa shape index (κ2) is 7.80. The summed E-state index contributed by atoms with van der Waals surface area (Å²) in [6, 6.07) is 9.51. The molecule has 1 N–H and O–H groups in total. The molecule has 1 aromatic carbocycles. The lowest BCUT2D eigenvalue weighted by Crippen LogP contribution is -2.41. The molecular formula is C19H22N2O3S. The first-order chi connectivity index (χ1) is 12.1. The normalized spacial score (nSPS) is 17.0. The zero-order chi connectivity index (χ0) is 17.8. The van der Waals surface area contributed by atoms with Crippen LogP contribution >= 0.6 is 11.3 Å². The lowest BCUT2D eigenvalue weighted by atomic mass is 10.0. The lowest BCUT2D eigenvalue weighted by Gasteiger charge is -2.32. The number of rotatable bonds is 5. The number of hydrogen-bond donors (Lipinski definition) is 1. The zero-order valence-corrected chi connectivity index (χ0v) is 15.3. The van der Waals surface area contributed by atoms with E-state index in [1.165, 1.54) is 17.6 Å². The Morgan fingerprint density at radius 2 is 2.04 bits per heavy atom. The van der Waals surface area contributed by atoms with Crippen molar-refractivity contribution in [1.82, 2.24) is 10.2 Å². The van der Waals surface area contributed by atoms with Crippen molar-refractivity contribution in [2.45, 2.75) is 25.9 Å². The maximum Gasteiger partial charge on any atom is 0.337 e. The van der Waals surface area contributed by atoms with Crippen molar-refractivity contribution in [3.63, 3.8) is 0 Å². The number of ether oxygens (including phenoxy) is 1. The quantitative estimate of drug-likeness (QED) is 0.835. The number of hydrogen-bond acceptors (Lipinski definition) is 5. The van der Waals surface area contributed by atoms with Crippen LogP contribution < -0.4 is 5.32 Å². The van der Waals surface area contributed by atoms with Gasteiger partial charge in [0.15, 0.2) is 0 Å². The molecule has 0 spiro atoms. The summed E-state index contributed by atoms with van der Waals surface area (Å²) in [5.74, 6) is -0.343. The van der Waals surface area contributed by atoms with Crippen LogP contribution in [-0.4, -0.2) is 37.0 Å². The Morgan fingerprint density at radius 1 is 1.28 bits per heavy atom. The van der Waals surface area contributed by atoms with Crippen LogP contribution in [0.15, 0.2) is 35.7 Å². The molecule has 1 amide bonds. The van der Waals surface area contributed by atoms with Gasteiger partial charge in [0.2, 0.25) is 5.91 Å². The standard InChI is InChI=1S/C19H22N2O3S/c1-13-16-8-10-25-17(16)7-9-21(13)12-18(22)20-11-14-3-5-15(6-4-14)19(23)24-2/h3-6,8,10,13H,7,9,11-12H2,1-2H3,(H,20,22)/t13-/m1/s1. The van der Waals surface area contributed by atoms with Crippen LogP contribution in [-0.2, 0) is 22.5 Å². The van der Waals surface area contributed by atoms with Crippen LogP contribution in [0.4, 0.5) is 0 Å². The highest BCUT2D eigenvalue weighted by atomic mass is 32.1. The highest BCUT2D eigenvalue weighted by Crippen LogP contribution is 2.32. The molecule has 0 aliphatic carbocycles. The summed E-state index contributed by atoms with van der Waals surface area (Å²) >= 11 is 1.80. The molecule has 1 atom stereocenters. The predicted octanol–water partition coefficient (Wildman–Crippen LogP) is 2.77. The van der Waals surface area contributed by atoms with Gasteiger partial charge in [0.1, 0.15) is 0 Å². The molecule has 25 heavy (non-hydrogen) atoms. The summed E-state index contributed by atoms with van der Waals surface area (Å²) in [5.41, 5.74) is 2.81. The van der Waals surface area contributed by atoms with Crippen LogP contribution in [0.5, 0.6) is 0 Å². The van der Waals surface area contributed by atoms with Crippen molar-refractivity contribution in [2.75, 3.05) is 20.2 Å². The van der Waals surface area contributed by atoms with E-state index in [2.05, 4.69) is 33.3 Å². The molecule has 0 saturated carbocycles. The van der Waals surface area contributed by atoms with Gasteiger partial charge in [-0.25, -0.2) is 4.79 Å². The summed E-state index contributed by atoms with van der Waals surface area (Å²) in [4.78, 5) is 27.3. The molecule has 3 rings (SSSR count). The minimum atomic E-state index is -0.359. The van der Waals surface area contributed by atoms with E-state index in [1.807, 2.05) is 12.1 Å². The van der Waals surface area contributed by atoms with Crippen molar-refractivity contribution in [2.24, 2.45) is 0 Å². The monoisotopic (exact) mass is 358 g/mol. The van der Waals surface area contributed by atoms with Gasteiger partial charge in [-0.2, -0.15) is 0 Å². The molecule has 2 aromatic rings. The number of methoxy groups -OCH3 is 1. The van der Waals surface area contributed by atoms with Crippen LogP contribution in [0, 0.1) is 0 Å². The number of benzene rings is 1. The summed E-state index contributed by atoms with van der Waals surface area (Å²) in [6.45, 7) is 3.92. The molecule has 5 nitrogen and oxygen atoms in total. The van der Waals surface area contributed by atoms with Crippen LogP contribution in [0.1, 0.15) is 39.3 Å². The Morgan fingerprint density at radius 3 is 2.76 bits per heavy atom. The average Bonchev–Trinajstić information content (AvgIpc) is 3.11. The van der Waals surface area contributed by atoms with E-state index in [0.29, 0.717) is 18.7 Å². The predicted molar refractivity (Wildman–Crippen MR) is 97.6 cm³/mol. The molecule has 0 unspecified atom stereocenters. The Hall–Kier alpha value is -2.18. The van der Waals surface area contributed by atoms with Gasteiger partial charge in [0, 0.05) is 24.0 Å². The first-order valence-corrected chi connectivity index (χ1v) is 9.20. The van der Waals surface area contributed by atoms with Gasteiger partial charge in [-0.3, -0.25) is 9.69 Å². The highest BCUT2D eigenvalue weighted by Gasteiger charge is 2.25. The van der Waals surface area contributed by atoms with Gasteiger partial charge in [0.25, 0.3) is 0 Å². The first kappa shape index (κ1) is 17.6. The number of esters is 1. The molecule has 0 bridgehead atoms. The van der Waals surface area contributed by atoms with Gasteiger partial charge < -0.3 is 10.1 Å². The van der Waals surface area contributed by atoms with Gasteiger partial charge in [0.05, 0.1) is 19.2 Å². The third-order valence-corrected chi connectivity index (χ3v) is 5.61. The average molecular weight is 358 g/mol. The Labute approximate surface area is 151 Å². The Balaban J connectivity index is 1.51. The van der Waals surface area contributed by atoms with Gasteiger partial charge in [-0.1, -0.05) is 12.1 Å². The number of nitrogens with one attached hydrogen (secondary N) is 1. The molecular weight excluding hydrogens is 336 g/mol. The summed E-state index contributed by atoms with van der Waals surface area (Å²) < 4.78 is 4.67. The van der Waals surface area contributed by atoms with Gasteiger partial charge in [-0.05, 0) is 48.1 Å². The largest absolute Gasteiger partial charge is 0.465 e. The number of amides is 1. The van der Waals surface area contributed by atoms with Crippen molar-refractivity contribution in [3.8, 4) is 0 Å². The molecule has 6 heteroatoms. The SMILES string of the molecule is COC(=O)c1ccc(CNC(=O)CN2CCc3sccc3[C@H]2C)cc1. The molecule has 0 fully saturated rings. The van der Waals surface area contributed by atoms with Gasteiger partial charge >= 0.3 is 5.97 Å². The number of carbonyl (C=O) groups excluding carboxylic acids is 2. The third kappa shape index (κ3) is 4.08. The van der Waals surface area contributed by atoms with E-state index in [4.69, 9.17) is 0 Å². The highest BCUT2D eigenvalue weighted by molar-refractivity contribution is 7.10. The molecule has 2 heterocycles. The Kier molecular flexibility index (Phi) is 5.50. The third-order valence-electron chi connectivity index (χ3n) is 4.62. The fourth-order valence-electron chi connectivity index (χ4n) is 3.09. The van der Waals surface area contributed by atoms with E-state index >= 15 is 0 Å². The number of fused-ring (bicyclic) bond motifs is 1. The maximum absolute atomic E-state index is 12.3. The van der Waals surface area contributed by atoms with Gasteiger partial charge in [-0.15, -0.1) is 11.3 Å². The fraction of sp³-hybridized carbons (Fsp3) is 0.368. The molecule has 1 aliphatic rings. The van der Waals surface area contributed by atoms with Crippen LogP contribution in [0.3, 0.4) is 0 Å². The van der Waals surface area contributed by atoms with Crippen molar-refractivity contribution < 1.29 is 14.3 Å². The smallest absolute Gasteiger partial charge is 0.337 e. The van der Waals surface area contributed by atoms with E-state index in [-0.39, 0.29) is 17.9 Å².